The monoisotopic (exact) mass is 254 g/mol. The number of carbonyl (C=O) groups excluding carboxylic acids is 2. The number of fused-ring (bicyclic) bond motifs is 2. The molecule has 3 heteroatoms. The van der Waals surface area contributed by atoms with Crippen LogP contribution in [0.1, 0.15) is 35.7 Å². The van der Waals surface area contributed by atoms with E-state index in [1.807, 2.05) is 19.1 Å². The van der Waals surface area contributed by atoms with Gasteiger partial charge in [-0.05, 0) is 25.8 Å². The molecular formula is C16H14O3. The Morgan fingerprint density at radius 2 is 1.89 bits per heavy atom. The average molecular weight is 254 g/mol. The summed E-state index contributed by atoms with van der Waals surface area (Å²) in [4.78, 5) is 24.2. The Balaban J connectivity index is 2.21. The third-order valence-corrected chi connectivity index (χ3v) is 3.81. The highest BCUT2D eigenvalue weighted by Gasteiger charge is 2.40. The van der Waals surface area contributed by atoms with Crippen molar-refractivity contribution < 1.29 is 14.3 Å². The van der Waals surface area contributed by atoms with E-state index in [0.717, 1.165) is 5.56 Å². The van der Waals surface area contributed by atoms with Crippen LogP contribution in [0.15, 0.2) is 42.5 Å². The lowest BCUT2D eigenvalue weighted by Crippen LogP contribution is -2.35. The van der Waals surface area contributed by atoms with Crippen molar-refractivity contribution in [2.45, 2.75) is 25.4 Å². The molecule has 0 saturated heterocycles. The lowest BCUT2D eigenvalue weighted by molar-refractivity contribution is -0.112. The van der Waals surface area contributed by atoms with E-state index in [9.17, 15) is 9.59 Å². The van der Waals surface area contributed by atoms with Crippen LogP contribution >= 0.6 is 0 Å². The Hall–Kier alpha value is -2.16. The summed E-state index contributed by atoms with van der Waals surface area (Å²) in [5.74, 6) is -0.311. The molecular weight excluding hydrogens is 240 g/mol. The van der Waals surface area contributed by atoms with E-state index in [1.54, 1.807) is 18.2 Å². The minimum absolute atomic E-state index is 0.430. The molecule has 1 aromatic rings. The number of ketones is 2. The molecule has 0 amide bonds. The third kappa shape index (κ3) is 1.65. The number of allylic oxidation sites excluding steroid dienone is 1. The van der Waals surface area contributed by atoms with Gasteiger partial charge in [0.1, 0.15) is 11.4 Å². The number of rotatable bonds is 1. The van der Waals surface area contributed by atoms with Crippen LogP contribution in [0.4, 0.5) is 0 Å². The van der Waals surface area contributed by atoms with Crippen LogP contribution in [0, 0.1) is 0 Å². The summed E-state index contributed by atoms with van der Waals surface area (Å²) in [5.41, 5.74) is 1.17. The molecule has 2 aliphatic rings. The fourth-order valence-corrected chi connectivity index (χ4v) is 2.55. The average Bonchev–Trinajstić information content (AvgIpc) is 2.45. The summed E-state index contributed by atoms with van der Waals surface area (Å²) in [6.45, 7) is 5.72. The molecule has 1 aromatic carbocycles. The van der Waals surface area contributed by atoms with Crippen molar-refractivity contribution in [1.82, 2.24) is 0 Å². The number of benzene rings is 1. The minimum Gasteiger partial charge on any atom is -0.482 e. The number of hydrogen-bond acceptors (Lipinski definition) is 3. The van der Waals surface area contributed by atoms with Gasteiger partial charge in [-0.1, -0.05) is 30.8 Å². The number of hydrogen-bond donors (Lipinski definition) is 0. The molecule has 0 fully saturated rings. The predicted molar refractivity (Wildman–Crippen MR) is 71.6 cm³/mol. The van der Waals surface area contributed by atoms with Crippen molar-refractivity contribution in [2.75, 3.05) is 0 Å². The van der Waals surface area contributed by atoms with Crippen LogP contribution in [0.2, 0.25) is 0 Å². The summed E-state index contributed by atoms with van der Waals surface area (Å²) in [6, 6.07) is 7.09. The zero-order chi connectivity index (χ0) is 13.6. The zero-order valence-corrected chi connectivity index (χ0v) is 10.7. The van der Waals surface area contributed by atoms with Crippen molar-refractivity contribution in [3.8, 4) is 0 Å². The molecule has 0 aromatic heterocycles. The molecule has 19 heavy (non-hydrogen) atoms. The first-order chi connectivity index (χ1) is 9.06. The minimum atomic E-state index is -0.480. The second kappa shape index (κ2) is 3.92. The second-order valence-corrected chi connectivity index (χ2v) is 5.13. The highest BCUT2D eigenvalue weighted by molar-refractivity contribution is 6.52. The van der Waals surface area contributed by atoms with Gasteiger partial charge in [0, 0.05) is 16.7 Å². The van der Waals surface area contributed by atoms with E-state index < -0.39 is 17.2 Å². The van der Waals surface area contributed by atoms with Crippen LogP contribution < -0.4 is 0 Å². The van der Waals surface area contributed by atoms with Gasteiger partial charge in [0.25, 0.3) is 0 Å². The van der Waals surface area contributed by atoms with E-state index in [-0.39, 0.29) is 0 Å². The van der Waals surface area contributed by atoms with Crippen molar-refractivity contribution in [2.24, 2.45) is 0 Å². The summed E-state index contributed by atoms with van der Waals surface area (Å²) >= 11 is 0. The Bertz CT molecular complexity index is 639. The van der Waals surface area contributed by atoms with Gasteiger partial charge >= 0.3 is 0 Å². The van der Waals surface area contributed by atoms with Crippen LogP contribution in [-0.2, 0) is 9.53 Å². The predicted octanol–water partition coefficient (Wildman–Crippen LogP) is 2.92. The van der Waals surface area contributed by atoms with Crippen molar-refractivity contribution in [3.05, 3.63) is 53.6 Å². The van der Waals surface area contributed by atoms with E-state index in [4.69, 9.17) is 4.74 Å². The molecule has 1 heterocycles. The summed E-state index contributed by atoms with van der Waals surface area (Å²) in [7, 11) is 0. The first kappa shape index (κ1) is 11.9. The third-order valence-electron chi connectivity index (χ3n) is 3.81. The maximum atomic E-state index is 12.1. The molecule has 3 nitrogen and oxygen atoms in total. The van der Waals surface area contributed by atoms with Crippen molar-refractivity contribution in [3.63, 3.8) is 0 Å². The molecule has 1 unspecified atom stereocenters. The van der Waals surface area contributed by atoms with Gasteiger partial charge in [0.15, 0.2) is 0 Å². The number of Topliss-reactive ketones (excluding diaryl/α,β-unsaturated/α-hetero) is 2. The SMILES string of the molecule is C=CC1(C)CCC2=C(O1)c1ccccc1C(=O)C2=O. The van der Waals surface area contributed by atoms with Gasteiger partial charge in [-0.3, -0.25) is 9.59 Å². The molecule has 1 aliphatic heterocycles. The number of ether oxygens (including phenoxy) is 1. The normalized spacial score (nSPS) is 25.5. The lowest BCUT2D eigenvalue weighted by atomic mass is 9.82. The lowest BCUT2D eigenvalue weighted by Gasteiger charge is -2.36. The molecule has 0 spiro atoms. The first-order valence-corrected chi connectivity index (χ1v) is 6.30. The smallest absolute Gasteiger partial charge is 0.234 e. The molecule has 96 valence electrons. The van der Waals surface area contributed by atoms with Gasteiger partial charge in [-0.2, -0.15) is 0 Å². The zero-order valence-electron chi connectivity index (χ0n) is 10.7. The molecule has 0 saturated carbocycles. The second-order valence-electron chi connectivity index (χ2n) is 5.13. The topological polar surface area (TPSA) is 43.4 Å². The van der Waals surface area contributed by atoms with E-state index in [0.29, 0.717) is 29.7 Å². The van der Waals surface area contributed by atoms with Crippen LogP contribution in [0.25, 0.3) is 5.76 Å². The van der Waals surface area contributed by atoms with Crippen LogP contribution in [0.5, 0.6) is 0 Å². The Labute approximate surface area is 111 Å². The standard InChI is InChI=1S/C16H14O3/c1-3-16(2)9-8-12-14(18)13(17)10-6-4-5-7-11(10)15(12)19-16/h3-7H,1,8-9H2,2H3. The summed E-state index contributed by atoms with van der Waals surface area (Å²) in [6.07, 6.45) is 2.97. The summed E-state index contributed by atoms with van der Waals surface area (Å²) in [5, 5.41) is 0. The van der Waals surface area contributed by atoms with Gasteiger partial charge in [-0.15, -0.1) is 0 Å². The largest absolute Gasteiger partial charge is 0.482 e. The Morgan fingerprint density at radius 3 is 2.58 bits per heavy atom. The van der Waals surface area contributed by atoms with Crippen LogP contribution in [0.3, 0.4) is 0 Å². The molecule has 0 N–H and O–H groups in total. The van der Waals surface area contributed by atoms with E-state index in [2.05, 4.69) is 6.58 Å². The molecule has 1 aliphatic carbocycles. The fraction of sp³-hybridized carbons (Fsp3) is 0.250. The van der Waals surface area contributed by atoms with Crippen molar-refractivity contribution >= 4 is 17.3 Å². The highest BCUT2D eigenvalue weighted by atomic mass is 16.5. The van der Waals surface area contributed by atoms with Gasteiger partial charge < -0.3 is 4.74 Å². The Kier molecular flexibility index (Phi) is 2.45. The molecule has 0 radical (unpaired) electrons. The maximum absolute atomic E-state index is 12.1. The first-order valence-electron chi connectivity index (χ1n) is 6.30. The van der Waals surface area contributed by atoms with Crippen molar-refractivity contribution in [1.29, 1.82) is 0 Å². The van der Waals surface area contributed by atoms with Gasteiger partial charge in [-0.25, -0.2) is 0 Å². The summed E-state index contributed by atoms with van der Waals surface area (Å²) < 4.78 is 5.96. The van der Waals surface area contributed by atoms with Crippen LogP contribution in [-0.4, -0.2) is 17.2 Å². The quantitative estimate of drug-likeness (QED) is 0.571. The fourth-order valence-electron chi connectivity index (χ4n) is 2.55. The molecule has 1 atom stereocenters. The number of carbonyl (C=O) groups is 2. The molecule has 3 rings (SSSR count). The van der Waals surface area contributed by atoms with Gasteiger partial charge in [0.05, 0.1) is 0 Å². The van der Waals surface area contributed by atoms with E-state index >= 15 is 0 Å². The molecule has 0 bridgehead atoms. The van der Waals surface area contributed by atoms with E-state index in [1.165, 1.54) is 0 Å². The Morgan fingerprint density at radius 1 is 1.21 bits per heavy atom. The van der Waals surface area contributed by atoms with Gasteiger partial charge in [0.2, 0.25) is 11.6 Å². The maximum Gasteiger partial charge on any atom is 0.234 e. The highest BCUT2D eigenvalue weighted by Crippen LogP contribution is 2.41.